The van der Waals surface area contributed by atoms with Crippen molar-refractivity contribution in [2.24, 2.45) is 0 Å². The highest BCUT2D eigenvalue weighted by Crippen LogP contribution is 2.27. The van der Waals surface area contributed by atoms with E-state index in [-0.39, 0.29) is 18.0 Å². The summed E-state index contributed by atoms with van der Waals surface area (Å²) in [7, 11) is 1.51. The molecule has 3 N–H and O–H groups in total. The number of fused-ring (bicyclic) bond motifs is 1. The number of hydrogen-bond donors (Lipinski definition) is 3. The summed E-state index contributed by atoms with van der Waals surface area (Å²) < 4.78 is 5.04. The first kappa shape index (κ1) is 17.9. The zero-order valence-corrected chi connectivity index (χ0v) is 14.6. The number of rotatable bonds is 5. The lowest BCUT2D eigenvalue weighted by atomic mass is 9.94. The predicted molar refractivity (Wildman–Crippen MR) is 94.9 cm³/mol. The third-order valence-corrected chi connectivity index (χ3v) is 4.47. The second kappa shape index (κ2) is 7.13. The van der Waals surface area contributed by atoms with Gasteiger partial charge in [-0.25, -0.2) is 4.79 Å². The van der Waals surface area contributed by atoms with Gasteiger partial charge in [0.05, 0.1) is 12.2 Å². The van der Waals surface area contributed by atoms with E-state index in [4.69, 9.17) is 4.74 Å². The Bertz CT molecular complexity index is 898. The van der Waals surface area contributed by atoms with E-state index in [9.17, 15) is 19.5 Å². The predicted octanol–water partition coefficient (Wildman–Crippen LogP) is 2.94. The highest BCUT2D eigenvalue weighted by atomic mass is 16.5. The fraction of sp³-hybridized carbons (Fsp3) is 0.316. The van der Waals surface area contributed by atoms with Gasteiger partial charge in [0.2, 0.25) is 0 Å². The van der Waals surface area contributed by atoms with E-state index in [1.165, 1.54) is 19.2 Å². The molecular weight excluding hydrogens is 336 g/mol. The minimum Gasteiger partial charge on any atom is -0.478 e. The van der Waals surface area contributed by atoms with Crippen molar-refractivity contribution in [3.8, 4) is 0 Å². The molecule has 0 saturated heterocycles. The van der Waals surface area contributed by atoms with Crippen molar-refractivity contribution in [3.63, 3.8) is 0 Å². The van der Waals surface area contributed by atoms with Gasteiger partial charge in [-0.05, 0) is 49.1 Å². The average molecular weight is 356 g/mol. The van der Waals surface area contributed by atoms with Crippen molar-refractivity contribution < 1.29 is 24.2 Å². The van der Waals surface area contributed by atoms with Crippen LogP contribution < -0.4 is 5.32 Å². The van der Waals surface area contributed by atoms with Gasteiger partial charge in [0.15, 0.2) is 5.78 Å². The van der Waals surface area contributed by atoms with Crippen LogP contribution in [0.25, 0.3) is 0 Å². The third-order valence-electron chi connectivity index (χ3n) is 4.47. The number of aromatic carboxylic acids is 1. The van der Waals surface area contributed by atoms with Crippen LogP contribution in [0.15, 0.2) is 18.2 Å². The summed E-state index contributed by atoms with van der Waals surface area (Å²) in [5.74, 6) is -1.44. The summed E-state index contributed by atoms with van der Waals surface area (Å²) in [6, 6.07) is 4.55. The minimum atomic E-state index is -1.09. The molecule has 1 aromatic heterocycles. The average Bonchev–Trinajstić information content (AvgIpc) is 2.93. The van der Waals surface area contributed by atoms with Crippen LogP contribution in [-0.2, 0) is 17.8 Å². The molecule has 0 saturated carbocycles. The number of ether oxygens (including phenoxy) is 1. The highest BCUT2D eigenvalue weighted by Gasteiger charge is 2.26. The van der Waals surface area contributed by atoms with E-state index < -0.39 is 11.9 Å². The third kappa shape index (κ3) is 3.39. The van der Waals surface area contributed by atoms with E-state index in [1.54, 1.807) is 13.0 Å². The van der Waals surface area contributed by atoms with Gasteiger partial charge in [0.25, 0.3) is 5.91 Å². The van der Waals surface area contributed by atoms with Gasteiger partial charge in [-0.1, -0.05) is 0 Å². The molecule has 0 radical (unpaired) electrons. The van der Waals surface area contributed by atoms with Crippen molar-refractivity contribution >= 4 is 23.3 Å². The smallest absolute Gasteiger partial charge is 0.335 e. The first-order valence-electron chi connectivity index (χ1n) is 8.33. The SMILES string of the molecule is COCc1cc(NC(=O)c2[nH]c3c(c2C)C(=O)CCC3)cc(C(=O)O)c1. The van der Waals surface area contributed by atoms with Crippen LogP contribution in [0.4, 0.5) is 5.69 Å². The number of anilines is 1. The fourth-order valence-electron chi connectivity index (χ4n) is 3.33. The Hall–Kier alpha value is -2.93. The molecule has 2 aromatic rings. The Labute approximate surface area is 150 Å². The van der Waals surface area contributed by atoms with Crippen molar-refractivity contribution in [1.82, 2.24) is 4.98 Å². The topological polar surface area (TPSA) is 108 Å². The van der Waals surface area contributed by atoms with Gasteiger partial charge < -0.3 is 20.1 Å². The molecule has 1 aliphatic carbocycles. The van der Waals surface area contributed by atoms with Crippen LogP contribution in [0.2, 0.25) is 0 Å². The number of ketones is 1. The zero-order valence-electron chi connectivity index (χ0n) is 14.6. The van der Waals surface area contributed by atoms with Gasteiger partial charge in [-0.15, -0.1) is 0 Å². The van der Waals surface area contributed by atoms with Gasteiger partial charge in [-0.2, -0.15) is 0 Å². The molecule has 0 bridgehead atoms. The van der Waals surface area contributed by atoms with Crippen molar-refractivity contribution in [2.75, 3.05) is 12.4 Å². The van der Waals surface area contributed by atoms with Crippen LogP contribution >= 0.6 is 0 Å². The van der Waals surface area contributed by atoms with Crippen LogP contribution in [0.3, 0.4) is 0 Å². The van der Waals surface area contributed by atoms with Crippen molar-refractivity contribution in [3.05, 3.63) is 51.8 Å². The van der Waals surface area contributed by atoms with Gasteiger partial charge in [0, 0.05) is 30.5 Å². The molecule has 7 heteroatoms. The Kier molecular flexibility index (Phi) is 4.90. The first-order valence-corrected chi connectivity index (χ1v) is 8.33. The maximum atomic E-state index is 12.7. The van der Waals surface area contributed by atoms with E-state index in [0.717, 1.165) is 18.5 Å². The number of hydrogen-bond acceptors (Lipinski definition) is 4. The lowest BCUT2D eigenvalue weighted by Gasteiger charge is -2.10. The number of aryl methyl sites for hydroxylation is 1. The van der Waals surface area contributed by atoms with Crippen LogP contribution in [0, 0.1) is 6.92 Å². The van der Waals surface area contributed by atoms with E-state index in [2.05, 4.69) is 10.3 Å². The molecule has 0 unspecified atom stereocenters. The number of amides is 1. The van der Waals surface area contributed by atoms with Crippen LogP contribution in [-0.4, -0.2) is 34.9 Å². The Morgan fingerprint density at radius 3 is 2.69 bits per heavy atom. The largest absolute Gasteiger partial charge is 0.478 e. The quantitative estimate of drug-likeness (QED) is 0.763. The summed E-state index contributed by atoms with van der Waals surface area (Å²) in [4.78, 5) is 39.1. The number of nitrogens with one attached hydrogen (secondary N) is 2. The number of H-pyrrole nitrogens is 1. The van der Waals surface area contributed by atoms with Crippen molar-refractivity contribution in [2.45, 2.75) is 32.8 Å². The summed E-state index contributed by atoms with van der Waals surface area (Å²) in [5.41, 5.74) is 3.44. The van der Waals surface area contributed by atoms with Gasteiger partial charge >= 0.3 is 5.97 Å². The molecular formula is C19H20N2O5. The number of methoxy groups -OCH3 is 1. The molecule has 1 heterocycles. The second-order valence-electron chi connectivity index (χ2n) is 6.37. The number of aromatic amines is 1. The van der Waals surface area contributed by atoms with Crippen molar-refractivity contribution in [1.29, 1.82) is 0 Å². The van der Waals surface area contributed by atoms with Crippen LogP contribution in [0.1, 0.15) is 60.9 Å². The minimum absolute atomic E-state index is 0.0503. The molecule has 1 amide bonds. The number of Topliss-reactive ketones (excluding diaryl/α,β-unsaturated/α-hetero) is 1. The van der Waals surface area contributed by atoms with Crippen LogP contribution in [0.5, 0.6) is 0 Å². The van der Waals surface area contributed by atoms with Gasteiger partial charge in [-0.3, -0.25) is 9.59 Å². The summed E-state index contributed by atoms with van der Waals surface area (Å²) in [5, 5.41) is 12.0. The maximum absolute atomic E-state index is 12.7. The number of carboxylic acid groups (broad SMARTS) is 1. The monoisotopic (exact) mass is 356 g/mol. The number of carboxylic acids is 1. The van der Waals surface area contributed by atoms with E-state index in [0.29, 0.717) is 34.5 Å². The Balaban J connectivity index is 1.91. The molecule has 1 aliphatic rings. The molecule has 0 aliphatic heterocycles. The number of carbonyl (C=O) groups is 3. The summed E-state index contributed by atoms with van der Waals surface area (Å²) in [6.07, 6.45) is 2.00. The number of aromatic nitrogens is 1. The standard InChI is InChI=1S/C19H20N2O5/c1-10-16-14(4-3-5-15(16)22)21-17(10)18(23)20-13-7-11(9-26-2)6-12(8-13)19(24)25/h6-8,21H,3-5,9H2,1-2H3,(H,20,23)(H,24,25). The first-order chi connectivity index (χ1) is 12.4. The summed E-state index contributed by atoms with van der Waals surface area (Å²) in [6.45, 7) is 1.98. The number of benzene rings is 1. The van der Waals surface area contributed by atoms with E-state index >= 15 is 0 Å². The Morgan fingerprint density at radius 1 is 1.27 bits per heavy atom. The molecule has 1 aromatic carbocycles. The zero-order chi connectivity index (χ0) is 18.8. The Morgan fingerprint density at radius 2 is 2.04 bits per heavy atom. The number of carbonyl (C=O) groups excluding carboxylic acids is 2. The summed E-state index contributed by atoms with van der Waals surface area (Å²) >= 11 is 0. The normalized spacial score (nSPS) is 13.4. The van der Waals surface area contributed by atoms with E-state index in [1.807, 2.05) is 0 Å². The van der Waals surface area contributed by atoms with Gasteiger partial charge in [0.1, 0.15) is 5.69 Å². The fourth-order valence-corrected chi connectivity index (χ4v) is 3.33. The molecule has 7 nitrogen and oxygen atoms in total. The molecule has 3 rings (SSSR count). The molecule has 26 heavy (non-hydrogen) atoms. The molecule has 0 fully saturated rings. The lowest BCUT2D eigenvalue weighted by molar-refractivity contribution is 0.0696. The lowest BCUT2D eigenvalue weighted by Crippen LogP contribution is -2.15. The molecule has 0 atom stereocenters. The molecule has 136 valence electrons. The second-order valence-corrected chi connectivity index (χ2v) is 6.37. The maximum Gasteiger partial charge on any atom is 0.335 e. The molecule has 0 spiro atoms. The highest BCUT2D eigenvalue weighted by molar-refractivity contribution is 6.08.